The highest BCUT2D eigenvalue weighted by molar-refractivity contribution is 6.01. The molecule has 0 unspecified atom stereocenters. The number of nitrogens with zero attached hydrogens (tertiary/aromatic N) is 3. The van der Waals surface area contributed by atoms with Crippen LogP contribution in [0.1, 0.15) is 45.2 Å². The van der Waals surface area contributed by atoms with E-state index in [1.807, 2.05) is 63.2 Å². The highest BCUT2D eigenvalue weighted by Crippen LogP contribution is 2.44. The van der Waals surface area contributed by atoms with Crippen LogP contribution in [-0.2, 0) is 6.61 Å². The minimum atomic E-state index is -0.257. The molecule has 0 radical (unpaired) electrons. The summed E-state index contributed by atoms with van der Waals surface area (Å²) in [6.45, 7) is 7.04. The van der Waals surface area contributed by atoms with Crippen LogP contribution in [-0.4, -0.2) is 32.6 Å². The molecule has 0 aliphatic heterocycles. The lowest BCUT2D eigenvalue weighted by Crippen LogP contribution is -2.48. The third-order valence-corrected chi connectivity index (χ3v) is 6.70. The second-order valence-electron chi connectivity index (χ2n) is 10.8. The fourth-order valence-corrected chi connectivity index (χ4v) is 4.86. The average Bonchev–Trinajstić information content (AvgIpc) is 3.22. The van der Waals surface area contributed by atoms with Crippen molar-refractivity contribution in [2.24, 2.45) is 5.92 Å². The summed E-state index contributed by atoms with van der Waals surface area (Å²) in [6.07, 6.45) is 5.55. The molecule has 1 saturated carbocycles. The Labute approximate surface area is 217 Å². The van der Waals surface area contributed by atoms with Gasteiger partial charge in [-0.05, 0) is 51.2 Å². The van der Waals surface area contributed by atoms with E-state index < -0.39 is 0 Å². The predicted octanol–water partition coefficient (Wildman–Crippen LogP) is 5.31. The van der Waals surface area contributed by atoms with Gasteiger partial charge in [-0.2, -0.15) is 0 Å². The quantitative estimate of drug-likeness (QED) is 0.320. The summed E-state index contributed by atoms with van der Waals surface area (Å²) in [7, 11) is 0. The first kappa shape index (κ1) is 24.6. The number of carbonyl (C=O) groups excluding carboxylic acids is 1. The number of para-hydroxylation sites is 1. The molecule has 4 aromatic rings. The Kier molecular flexibility index (Phi) is 6.74. The van der Waals surface area contributed by atoms with Crippen LogP contribution in [0.15, 0.2) is 67.1 Å². The third-order valence-electron chi connectivity index (χ3n) is 6.70. The van der Waals surface area contributed by atoms with Crippen LogP contribution in [0, 0.1) is 5.92 Å². The monoisotopic (exact) mass is 498 g/mol. The van der Waals surface area contributed by atoms with Crippen molar-refractivity contribution in [1.29, 1.82) is 0 Å². The van der Waals surface area contributed by atoms with E-state index in [1.165, 1.54) is 6.33 Å². The second kappa shape index (κ2) is 10.1. The molecule has 2 amide bonds. The Balaban J connectivity index is 1.36. The molecule has 2 aromatic heterocycles. The van der Waals surface area contributed by atoms with E-state index in [0.717, 1.165) is 46.3 Å². The van der Waals surface area contributed by atoms with Crippen LogP contribution in [0.3, 0.4) is 0 Å². The standard InChI is InChI=1S/C29H34N6O2/c1-29(2,3)34-28(36)31-15-20-13-21(14-20)35-16-23(25-26(30)32-18-33-27(25)35)22-11-7-8-12-24(22)37-17-19-9-5-4-6-10-19/h4-12,16,18,20-21H,13-15,17H2,1-3H3,(H2,30,32,33)(H2,31,34,36). The minimum Gasteiger partial charge on any atom is -0.488 e. The number of nitrogens with one attached hydrogen (secondary N) is 2. The largest absolute Gasteiger partial charge is 0.488 e. The van der Waals surface area contributed by atoms with Crippen LogP contribution in [0.2, 0.25) is 0 Å². The maximum Gasteiger partial charge on any atom is 0.315 e. The molecule has 0 spiro atoms. The molecule has 1 aliphatic rings. The van der Waals surface area contributed by atoms with Gasteiger partial charge in [0.2, 0.25) is 0 Å². The number of anilines is 1. The highest BCUT2D eigenvalue weighted by atomic mass is 16.5. The van der Waals surface area contributed by atoms with E-state index in [4.69, 9.17) is 10.5 Å². The van der Waals surface area contributed by atoms with Crippen molar-refractivity contribution in [3.05, 3.63) is 72.7 Å². The number of ether oxygens (including phenoxy) is 1. The lowest BCUT2D eigenvalue weighted by Gasteiger charge is -2.37. The van der Waals surface area contributed by atoms with Crippen molar-refractivity contribution in [2.45, 2.75) is 51.8 Å². The van der Waals surface area contributed by atoms with Gasteiger partial charge in [0.15, 0.2) is 0 Å². The van der Waals surface area contributed by atoms with Crippen LogP contribution >= 0.6 is 0 Å². The molecule has 8 heteroatoms. The van der Waals surface area contributed by atoms with E-state index in [1.54, 1.807) is 0 Å². The van der Waals surface area contributed by atoms with E-state index in [9.17, 15) is 4.79 Å². The molecule has 8 nitrogen and oxygen atoms in total. The number of hydrogen-bond acceptors (Lipinski definition) is 5. The topological polar surface area (TPSA) is 107 Å². The van der Waals surface area contributed by atoms with Crippen molar-refractivity contribution < 1.29 is 9.53 Å². The molecule has 4 N–H and O–H groups in total. The zero-order valence-electron chi connectivity index (χ0n) is 21.6. The molecule has 0 bridgehead atoms. The van der Waals surface area contributed by atoms with Gasteiger partial charge in [0.25, 0.3) is 0 Å². The first-order chi connectivity index (χ1) is 17.8. The highest BCUT2D eigenvalue weighted by Gasteiger charge is 2.33. The molecular formula is C29H34N6O2. The molecular weight excluding hydrogens is 464 g/mol. The smallest absolute Gasteiger partial charge is 0.315 e. The molecule has 192 valence electrons. The van der Waals surface area contributed by atoms with Gasteiger partial charge in [-0.3, -0.25) is 0 Å². The van der Waals surface area contributed by atoms with Gasteiger partial charge in [0.05, 0.1) is 5.39 Å². The Morgan fingerprint density at radius 2 is 1.78 bits per heavy atom. The number of aromatic nitrogens is 3. The zero-order chi connectivity index (χ0) is 26.0. The maximum atomic E-state index is 12.1. The molecule has 1 aliphatic carbocycles. The lowest BCUT2D eigenvalue weighted by molar-refractivity contribution is 0.190. The molecule has 5 rings (SSSR count). The van der Waals surface area contributed by atoms with Gasteiger partial charge in [0, 0.05) is 35.4 Å². The van der Waals surface area contributed by atoms with Gasteiger partial charge in [-0.1, -0.05) is 48.5 Å². The number of nitrogen functional groups attached to an aromatic ring is 1. The average molecular weight is 499 g/mol. The third kappa shape index (κ3) is 5.53. The Bertz CT molecular complexity index is 1390. The van der Waals surface area contributed by atoms with Crippen LogP contribution in [0.4, 0.5) is 10.6 Å². The number of fused-ring (bicyclic) bond motifs is 1. The summed E-state index contributed by atoms with van der Waals surface area (Å²) in [4.78, 5) is 21.0. The first-order valence-corrected chi connectivity index (χ1v) is 12.7. The van der Waals surface area contributed by atoms with Crippen molar-refractivity contribution in [1.82, 2.24) is 25.2 Å². The van der Waals surface area contributed by atoms with Gasteiger partial charge < -0.3 is 25.7 Å². The molecule has 0 atom stereocenters. The molecule has 2 heterocycles. The van der Waals surface area contributed by atoms with E-state index in [0.29, 0.717) is 24.9 Å². The van der Waals surface area contributed by atoms with E-state index in [2.05, 4.69) is 43.5 Å². The predicted molar refractivity (Wildman–Crippen MR) is 146 cm³/mol. The maximum absolute atomic E-state index is 12.1. The summed E-state index contributed by atoms with van der Waals surface area (Å²) in [5, 5.41) is 6.79. The van der Waals surface area contributed by atoms with Crippen LogP contribution in [0.5, 0.6) is 5.75 Å². The SMILES string of the molecule is CC(C)(C)NC(=O)NCC1CC(n2cc(-c3ccccc3OCc3ccccc3)c3c(N)ncnc32)C1. The van der Waals surface area contributed by atoms with Crippen molar-refractivity contribution >= 4 is 22.9 Å². The Morgan fingerprint density at radius 3 is 2.54 bits per heavy atom. The summed E-state index contributed by atoms with van der Waals surface area (Å²) in [5.41, 5.74) is 9.97. The summed E-state index contributed by atoms with van der Waals surface area (Å²) in [6, 6.07) is 18.3. The Hall–Kier alpha value is -4.07. The minimum absolute atomic E-state index is 0.128. The van der Waals surface area contributed by atoms with Crippen LogP contribution < -0.4 is 21.1 Å². The van der Waals surface area contributed by atoms with Crippen molar-refractivity contribution in [3.63, 3.8) is 0 Å². The van der Waals surface area contributed by atoms with Gasteiger partial charge in [0.1, 0.15) is 30.1 Å². The summed E-state index contributed by atoms with van der Waals surface area (Å²) < 4.78 is 8.46. The molecule has 37 heavy (non-hydrogen) atoms. The fraction of sp³-hybridized carbons (Fsp3) is 0.345. The summed E-state index contributed by atoms with van der Waals surface area (Å²) in [5.74, 6) is 1.65. The number of rotatable bonds is 7. The zero-order valence-corrected chi connectivity index (χ0v) is 21.6. The number of nitrogens with two attached hydrogens (primary N) is 1. The second-order valence-corrected chi connectivity index (χ2v) is 10.8. The van der Waals surface area contributed by atoms with Gasteiger partial charge in [-0.25, -0.2) is 14.8 Å². The Morgan fingerprint density at radius 1 is 1.05 bits per heavy atom. The van der Waals surface area contributed by atoms with Gasteiger partial charge in [-0.15, -0.1) is 0 Å². The summed E-state index contributed by atoms with van der Waals surface area (Å²) >= 11 is 0. The normalized spacial score (nSPS) is 17.3. The van der Waals surface area contributed by atoms with E-state index in [-0.39, 0.29) is 17.6 Å². The molecule has 2 aromatic carbocycles. The van der Waals surface area contributed by atoms with E-state index >= 15 is 0 Å². The van der Waals surface area contributed by atoms with Gasteiger partial charge >= 0.3 is 6.03 Å². The fourth-order valence-electron chi connectivity index (χ4n) is 4.86. The van der Waals surface area contributed by atoms with Crippen LogP contribution in [0.25, 0.3) is 22.2 Å². The molecule has 1 fully saturated rings. The number of carbonyl (C=O) groups is 1. The van der Waals surface area contributed by atoms with Crippen molar-refractivity contribution in [3.8, 4) is 16.9 Å². The molecule has 0 saturated heterocycles. The number of urea groups is 1. The lowest BCUT2D eigenvalue weighted by atomic mass is 9.80. The number of hydrogen-bond donors (Lipinski definition) is 3. The number of amides is 2. The first-order valence-electron chi connectivity index (χ1n) is 12.7. The number of benzene rings is 2. The van der Waals surface area contributed by atoms with Crippen molar-refractivity contribution in [2.75, 3.05) is 12.3 Å².